The molecule has 10 heteroatoms. The largest absolute Gasteiger partial charge is 0.507 e. The Hall–Kier alpha value is -3.73. The van der Waals surface area contributed by atoms with E-state index in [0.717, 1.165) is 0 Å². The number of aliphatic hydroxyl groups excluding tert-OH is 1. The molecule has 3 aliphatic carbocycles. The molecule has 2 fully saturated rings. The zero-order valence-corrected chi connectivity index (χ0v) is 20.1. The number of phenolic OH excluding ortho intramolecular Hbond substituents is 1. The average Bonchev–Trinajstić information content (AvgIpc) is 2.84. The summed E-state index contributed by atoms with van der Waals surface area (Å²) in [7, 11) is 2.90. The van der Waals surface area contributed by atoms with Crippen molar-refractivity contribution < 1.29 is 39.3 Å². The Balaban J connectivity index is 1.67. The first-order valence-corrected chi connectivity index (χ1v) is 11.9. The molecular formula is C27H26N2O8. The number of hydrogen-bond acceptors (Lipinski definition) is 9. The van der Waals surface area contributed by atoms with E-state index in [1.54, 1.807) is 42.5 Å². The van der Waals surface area contributed by atoms with Crippen LogP contribution in [0.2, 0.25) is 0 Å². The van der Waals surface area contributed by atoms with Gasteiger partial charge < -0.3 is 21.1 Å². The number of aliphatic hydroxyl groups is 2. The van der Waals surface area contributed by atoms with Crippen LogP contribution in [0.3, 0.4) is 0 Å². The molecule has 0 aromatic heterocycles. The van der Waals surface area contributed by atoms with Crippen LogP contribution in [0.5, 0.6) is 5.75 Å². The number of ketones is 4. The van der Waals surface area contributed by atoms with Gasteiger partial charge in [-0.05, 0) is 31.6 Å². The van der Waals surface area contributed by atoms with Gasteiger partial charge in [0.15, 0.2) is 34.7 Å². The van der Waals surface area contributed by atoms with Crippen LogP contribution >= 0.6 is 0 Å². The fourth-order valence-electron chi connectivity index (χ4n) is 6.44. The Morgan fingerprint density at radius 1 is 1.03 bits per heavy atom. The highest BCUT2D eigenvalue weighted by Crippen LogP contribution is 2.51. The van der Waals surface area contributed by atoms with E-state index in [9.17, 15) is 39.3 Å². The molecular weight excluding hydrogens is 480 g/mol. The van der Waals surface area contributed by atoms with Crippen molar-refractivity contribution in [3.63, 3.8) is 0 Å². The minimum Gasteiger partial charge on any atom is -0.507 e. The summed E-state index contributed by atoms with van der Waals surface area (Å²) >= 11 is 0. The van der Waals surface area contributed by atoms with Crippen LogP contribution in [0, 0.1) is 23.7 Å². The molecule has 37 heavy (non-hydrogen) atoms. The van der Waals surface area contributed by atoms with E-state index in [4.69, 9.17) is 5.73 Å². The minimum atomic E-state index is -3.00. The number of amides is 1. The zero-order valence-electron chi connectivity index (χ0n) is 20.1. The fourth-order valence-corrected chi connectivity index (χ4v) is 6.44. The van der Waals surface area contributed by atoms with Gasteiger partial charge in [0.2, 0.25) is 5.91 Å². The molecule has 0 aliphatic heterocycles. The Bertz CT molecular complexity index is 1370. The Labute approximate surface area is 211 Å². The summed E-state index contributed by atoms with van der Waals surface area (Å²) in [6, 6.07) is 10.7. The summed E-state index contributed by atoms with van der Waals surface area (Å²) < 4.78 is 0. The third-order valence-electron chi connectivity index (χ3n) is 8.10. The van der Waals surface area contributed by atoms with Crippen LogP contribution in [0.1, 0.15) is 15.9 Å². The quantitative estimate of drug-likeness (QED) is 0.400. The van der Waals surface area contributed by atoms with Crippen molar-refractivity contribution in [1.29, 1.82) is 0 Å². The molecule has 0 saturated heterocycles. The van der Waals surface area contributed by atoms with Crippen molar-refractivity contribution in [3.05, 3.63) is 53.6 Å². The fraction of sp³-hybridized carbons (Fsp3) is 0.370. The second-order valence-electron chi connectivity index (χ2n) is 10.2. The lowest BCUT2D eigenvalue weighted by Crippen LogP contribution is -2.77. The second-order valence-corrected chi connectivity index (χ2v) is 10.2. The Kier molecular flexibility index (Phi) is 5.67. The van der Waals surface area contributed by atoms with Gasteiger partial charge in [0.25, 0.3) is 0 Å². The van der Waals surface area contributed by atoms with E-state index in [1.807, 2.05) is 0 Å². The van der Waals surface area contributed by atoms with E-state index in [0.29, 0.717) is 16.7 Å². The van der Waals surface area contributed by atoms with E-state index < -0.39 is 70.5 Å². The van der Waals surface area contributed by atoms with Crippen molar-refractivity contribution in [1.82, 2.24) is 4.90 Å². The van der Waals surface area contributed by atoms with Gasteiger partial charge in [-0.2, -0.15) is 0 Å². The molecule has 0 heterocycles. The van der Waals surface area contributed by atoms with E-state index in [1.165, 1.54) is 19.0 Å². The van der Waals surface area contributed by atoms with Crippen LogP contribution in [0.15, 0.2) is 42.5 Å². The Morgan fingerprint density at radius 3 is 2.27 bits per heavy atom. The maximum absolute atomic E-state index is 13.8. The highest BCUT2D eigenvalue weighted by molar-refractivity contribution is 6.32. The number of likely N-dealkylation sites (N-methyl/N-ethyl adjacent to an activating group) is 1. The van der Waals surface area contributed by atoms with E-state index in [-0.39, 0.29) is 17.7 Å². The predicted molar refractivity (Wildman–Crippen MR) is 128 cm³/mol. The number of carbonyl (C=O) groups excluding carboxylic acids is 5. The van der Waals surface area contributed by atoms with Gasteiger partial charge in [0.05, 0.1) is 29.5 Å². The van der Waals surface area contributed by atoms with E-state index >= 15 is 0 Å². The number of rotatable bonds is 3. The molecule has 192 valence electrons. The van der Waals surface area contributed by atoms with Crippen LogP contribution in [0.4, 0.5) is 0 Å². The Morgan fingerprint density at radius 2 is 1.68 bits per heavy atom. The molecule has 3 aliphatic rings. The number of primary amides is 1. The molecule has 10 nitrogen and oxygen atoms in total. The van der Waals surface area contributed by atoms with Crippen molar-refractivity contribution in [2.75, 3.05) is 14.1 Å². The van der Waals surface area contributed by atoms with Gasteiger partial charge in [-0.15, -0.1) is 0 Å². The summed E-state index contributed by atoms with van der Waals surface area (Å²) in [4.78, 5) is 67.4. The predicted octanol–water partition coefficient (Wildman–Crippen LogP) is -0.495. The number of aromatic hydroxyl groups is 1. The lowest BCUT2D eigenvalue weighted by molar-refractivity contribution is -0.195. The highest BCUT2D eigenvalue weighted by atomic mass is 16.3. The third-order valence-corrected chi connectivity index (χ3v) is 8.10. The molecule has 7 atom stereocenters. The maximum Gasteiger partial charge on any atom is 0.235 e. The molecule has 5 rings (SSSR count). The molecule has 1 amide bonds. The number of phenols is 1. The normalized spacial score (nSPS) is 33.1. The van der Waals surface area contributed by atoms with Crippen molar-refractivity contribution in [2.45, 2.75) is 24.2 Å². The van der Waals surface area contributed by atoms with Gasteiger partial charge >= 0.3 is 0 Å². The first kappa shape index (κ1) is 24.9. The first-order chi connectivity index (χ1) is 17.4. The number of nitrogens with zero attached hydrogens (tertiary/aromatic N) is 1. The summed E-state index contributed by atoms with van der Waals surface area (Å²) in [5.74, 6) is -12.5. The molecule has 0 spiro atoms. The molecule has 0 bridgehead atoms. The average molecular weight is 507 g/mol. The van der Waals surface area contributed by atoms with Crippen molar-refractivity contribution >= 4 is 29.0 Å². The van der Waals surface area contributed by atoms with E-state index in [2.05, 4.69) is 0 Å². The van der Waals surface area contributed by atoms with Gasteiger partial charge in [-0.1, -0.05) is 42.5 Å². The molecule has 2 saturated carbocycles. The monoisotopic (exact) mass is 506 g/mol. The SMILES string of the molecule is CN(C)[C@H]1C(=O)C(C(N)=O)C(=O)[C@]2(O)C(=O)C3C(=O)c4c(ccc(-c5ccccc5)c4O)C[C@@H]3[C@@H](O)[C@H]12. The van der Waals surface area contributed by atoms with Crippen molar-refractivity contribution in [2.24, 2.45) is 29.4 Å². The molecule has 0 radical (unpaired) electrons. The summed E-state index contributed by atoms with van der Waals surface area (Å²) in [6.45, 7) is 0. The number of nitrogens with two attached hydrogens (primary N) is 1. The summed E-state index contributed by atoms with van der Waals surface area (Å²) in [5, 5.41) is 34.1. The number of fused-ring (bicyclic) bond motifs is 3. The number of carbonyl (C=O) groups is 5. The highest BCUT2D eigenvalue weighted by Gasteiger charge is 2.72. The van der Waals surface area contributed by atoms with Crippen LogP contribution in [-0.4, -0.2) is 81.1 Å². The molecule has 2 aromatic carbocycles. The number of hydrogen-bond donors (Lipinski definition) is 4. The lowest BCUT2D eigenvalue weighted by atomic mass is 9.51. The summed E-state index contributed by atoms with van der Waals surface area (Å²) in [5.41, 5.74) is 3.56. The summed E-state index contributed by atoms with van der Waals surface area (Å²) in [6.07, 6.45) is -1.65. The number of benzene rings is 2. The zero-order chi connectivity index (χ0) is 27.0. The first-order valence-electron chi connectivity index (χ1n) is 11.9. The molecule has 2 unspecified atom stereocenters. The minimum absolute atomic E-state index is 0.0182. The molecule has 5 N–H and O–H groups in total. The van der Waals surface area contributed by atoms with Gasteiger partial charge in [0, 0.05) is 11.5 Å². The van der Waals surface area contributed by atoms with Crippen LogP contribution in [0.25, 0.3) is 11.1 Å². The molecule has 2 aromatic rings. The van der Waals surface area contributed by atoms with Crippen LogP contribution < -0.4 is 5.73 Å². The van der Waals surface area contributed by atoms with Gasteiger partial charge in [-0.25, -0.2) is 0 Å². The third kappa shape index (κ3) is 3.26. The van der Waals surface area contributed by atoms with Crippen LogP contribution in [-0.2, 0) is 25.6 Å². The second kappa shape index (κ2) is 8.41. The van der Waals surface area contributed by atoms with Crippen molar-refractivity contribution in [3.8, 4) is 16.9 Å². The lowest BCUT2D eigenvalue weighted by Gasteiger charge is -2.54. The standard InChI is InChI=1S/C27H26N2O8/c1-29(2)19-18-21(31)14-10-12-8-9-13(11-6-4-3-5-7-11)20(30)15(12)22(32)16(14)24(34)27(18,37)25(35)17(23(19)33)26(28)36/h3-9,14,16-19,21,30-31,37H,10H2,1-2H3,(H2,28,36)/t14-,16?,17?,18-,19+,21+,27+/m0/s1. The van der Waals surface area contributed by atoms with Gasteiger partial charge in [-0.3, -0.25) is 28.9 Å². The van der Waals surface area contributed by atoms with Gasteiger partial charge in [0.1, 0.15) is 5.75 Å². The topological polar surface area (TPSA) is 175 Å². The maximum atomic E-state index is 13.8. The smallest absolute Gasteiger partial charge is 0.235 e. The number of Topliss-reactive ketones (excluding diaryl/α,β-unsaturated/α-hetero) is 4.